The number of hydrogen-bond acceptors (Lipinski definition) is 3. The molecule has 4 heteroatoms. The summed E-state index contributed by atoms with van der Waals surface area (Å²) in [4.78, 5) is 14.9. The predicted octanol–water partition coefficient (Wildman–Crippen LogP) is 4.32. The highest BCUT2D eigenvalue weighted by molar-refractivity contribution is 5.95. The van der Waals surface area contributed by atoms with Crippen LogP contribution in [0.4, 0.5) is 0 Å². The molecule has 142 valence electrons. The van der Waals surface area contributed by atoms with E-state index < -0.39 is 0 Å². The quantitative estimate of drug-likeness (QED) is 0.669. The van der Waals surface area contributed by atoms with Crippen molar-refractivity contribution < 1.29 is 14.3 Å². The van der Waals surface area contributed by atoms with Gasteiger partial charge in [0.1, 0.15) is 13.2 Å². The number of nitrogens with zero attached hydrogens (tertiary/aromatic N) is 1. The molecule has 0 saturated carbocycles. The van der Waals surface area contributed by atoms with Gasteiger partial charge in [-0.05, 0) is 41.3 Å². The highest BCUT2D eigenvalue weighted by Gasteiger charge is 2.17. The maximum absolute atomic E-state index is 13.1. The first-order valence-electron chi connectivity index (χ1n) is 9.46. The Morgan fingerprint density at radius 1 is 0.857 bits per heavy atom. The molecule has 0 fully saturated rings. The van der Waals surface area contributed by atoms with Gasteiger partial charge in [0.15, 0.2) is 11.5 Å². The van der Waals surface area contributed by atoms with E-state index in [1.807, 2.05) is 67.7 Å². The van der Waals surface area contributed by atoms with E-state index in [1.54, 1.807) is 4.90 Å². The van der Waals surface area contributed by atoms with E-state index in [9.17, 15) is 4.79 Å². The molecule has 4 nitrogen and oxygen atoms in total. The number of ether oxygens (including phenoxy) is 2. The molecular formula is C24H23NO3. The molecule has 0 spiro atoms. The SMILES string of the molecule is CN(Cc1ccc2c(c1)OCCO2)C(=O)c1ccccc1Cc1ccccc1. The van der Waals surface area contributed by atoms with Gasteiger partial charge < -0.3 is 14.4 Å². The lowest BCUT2D eigenvalue weighted by Crippen LogP contribution is -2.27. The number of carbonyl (C=O) groups is 1. The smallest absolute Gasteiger partial charge is 0.254 e. The van der Waals surface area contributed by atoms with Crippen molar-refractivity contribution in [2.75, 3.05) is 20.3 Å². The van der Waals surface area contributed by atoms with Crippen molar-refractivity contribution in [3.8, 4) is 11.5 Å². The molecule has 1 heterocycles. The van der Waals surface area contributed by atoms with Gasteiger partial charge in [-0.1, -0.05) is 54.6 Å². The molecule has 1 aliphatic rings. The minimum Gasteiger partial charge on any atom is -0.486 e. The fourth-order valence-electron chi connectivity index (χ4n) is 3.44. The van der Waals surface area contributed by atoms with Gasteiger partial charge >= 0.3 is 0 Å². The molecule has 1 amide bonds. The van der Waals surface area contributed by atoms with Gasteiger partial charge in [-0.3, -0.25) is 4.79 Å². The second-order valence-corrected chi connectivity index (χ2v) is 6.96. The maximum Gasteiger partial charge on any atom is 0.254 e. The molecule has 28 heavy (non-hydrogen) atoms. The first-order chi connectivity index (χ1) is 13.7. The molecule has 0 radical (unpaired) electrons. The summed E-state index contributed by atoms with van der Waals surface area (Å²) in [6, 6.07) is 23.9. The van der Waals surface area contributed by atoms with Crippen molar-refractivity contribution in [1.82, 2.24) is 4.90 Å². The average molecular weight is 373 g/mol. The van der Waals surface area contributed by atoms with E-state index in [1.165, 1.54) is 5.56 Å². The predicted molar refractivity (Wildman–Crippen MR) is 109 cm³/mol. The summed E-state index contributed by atoms with van der Waals surface area (Å²) in [5.41, 5.74) is 3.98. The second kappa shape index (κ2) is 8.17. The standard InChI is InChI=1S/C24H23NO3/c1-25(17-19-11-12-22-23(16-19)28-14-13-27-22)24(26)21-10-6-5-9-20(21)15-18-7-3-2-4-8-18/h2-12,16H,13-15,17H2,1H3. The molecule has 0 bridgehead atoms. The van der Waals surface area contributed by atoms with E-state index in [0.717, 1.165) is 34.6 Å². The molecule has 0 atom stereocenters. The van der Waals surface area contributed by atoms with Crippen molar-refractivity contribution in [3.63, 3.8) is 0 Å². The summed E-state index contributed by atoms with van der Waals surface area (Å²) in [7, 11) is 1.83. The summed E-state index contributed by atoms with van der Waals surface area (Å²) in [5, 5.41) is 0. The molecule has 0 aliphatic carbocycles. The Labute approximate surface area is 165 Å². The van der Waals surface area contributed by atoms with Crippen LogP contribution in [-0.2, 0) is 13.0 Å². The Bertz CT molecular complexity index is 969. The van der Waals surface area contributed by atoms with Crippen molar-refractivity contribution in [3.05, 3.63) is 95.1 Å². The Hall–Kier alpha value is -3.27. The third-order valence-corrected chi connectivity index (χ3v) is 4.86. The van der Waals surface area contributed by atoms with Gasteiger partial charge in [0.2, 0.25) is 0 Å². The van der Waals surface area contributed by atoms with E-state index in [-0.39, 0.29) is 5.91 Å². The van der Waals surface area contributed by atoms with Crippen LogP contribution in [0.15, 0.2) is 72.8 Å². The Balaban J connectivity index is 1.51. The van der Waals surface area contributed by atoms with Crippen LogP contribution in [-0.4, -0.2) is 31.1 Å². The average Bonchev–Trinajstić information content (AvgIpc) is 2.74. The van der Waals surface area contributed by atoms with Gasteiger partial charge in [0.05, 0.1) is 0 Å². The number of hydrogen-bond donors (Lipinski definition) is 0. The number of rotatable bonds is 5. The zero-order valence-electron chi connectivity index (χ0n) is 15.9. The van der Waals surface area contributed by atoms with Gasteiger partial charge in [-0.2, -0.15) is 0 Å². The van der Waals surface area contributed by atoms with Crippen LogP contribution in [0.3, 0.4) is 0 Å². The first kappa shape index (κ1) is 18.1. The number of benzene rings is 3. The lowest BCUT2D eigenvalue weighted by Gasteiger charge is -2.22. The molecule has 0 N–H and O–H groups in total. The summed E-state index contributed by atoms with van der Waals surface area (Å²) in [6.07, 6.45) is 0.737. The first-order valence-corrected chi connectivity index (χ1v) is 9.46. The van der Waals surface area contributed by atoms with Crippen LogP contribution in [0.1, 0.15) is 27.0 Å². The summed E-state index contributed by atoms with van der Waals surface area (Å²) >= 11 is 0. The third-order valence-electron chi connectivity index (χ3n) is 4.86. The van der Waals surface area contributed by atoms with Crippen LogP contribution >= 0.6 is 0 Å². The minimum absolute atomic E-state index is 0.0152. The molecular weight excluding hydrogens is 350 g/mol. The van der Waals surface area contributed by atoms with Crippen molar-refractivity contribution in [1.29, 1.82) is 0 Å². The summed E-state index contributed by atoms with van der Waals surface area (Å²) in [6.45, 7) is 1.64. The Morgan fingerprint density at radius 2 is 1.57 bits per heavy atom. The lowest BCUT2D eigenvalue weighted by molar-refractivity contribution is 0.0784. The van der Waals surface area contributed by atoms with E-state index in [0.29, 0.717) is 19.8 Å². The van der Waals surface area contributed by atoms with Crippen LogP contribution < -0.4 is 9.47 Å². The fourth-order valence-corrected chi connectivity index (χ4v) is 3.44. The third kappa shape index (κ3) is 4.01. The van der Waals surface area contributed by atoms with Crippen molar-refractivity contribution in [2.45, 2.75) is 13.0 Å². The molecule has 0 unspecified atom stereocenters. The van der Waals surface area contributed by atoms with Crippen LogP contribution in [0.25, 0.3) is 0 Å². The second-order valence-electron chi connectivity index (χ2n) is 6.96. The van der Waals surface area contributed by atoms with Gasteiger partial charge in [0.25, 0.3) is 5.91 Å². The van der Waals surface area contributed by atoms with Gasteiger partial charge in [-0.25, -0.2) is 0 Å². The number of amides is 1. The number of fused-ring (bicyclic) bond motifs is 1. The Morgan fingerprint density at radius 3 is 2.39 bits per heavy atom. The monoisotopic (exact) mass is 373 g/mol. The summed E-state index contributed by atoms with van der Waals surface area (Å²) < 4.78 is 11.2. The minimum atomic E-state index is 0.0152. The van der Waals surface area contributed by atoms with E-state index in [4.69, 9.17) is 9.47 Å². The fraction of sp³-hybridized carbons (Fsp3) is 0.208. The highest BCUT2D eigenvalue weighted by atomic mass is 16.6. The molecule has 0 saturated heterocycles. The molecule has 0 aromatic heterocycles. The Kier molecular flexibility index (Phi) is 5.29. The van der Waals surface area contributed by atoms with Crippen molar-refractivity contribution >= 4 is 5.91 Å². The highest BCUT2D eigenvalue weighted by Crippen LogP contribution is 2.31. The zero-order valence-corrected chi connectivity index (χ0v) is 15.9. The maximum atomic E-state index is 13.1. The van der Waals surface area contributed by atoms with Gasteiger partial charge in [0, 0.05) is 19.2 Å². The summed E-state index contributed by atoms with van der Waals surface area (Å²) in [5.74, 6) is 1.52. The molecule has 3 aromatic carbocycles. The number of carbonyl (C=O) groups excluding carboxylic acids is 1. The normalized spacial score (nSPS) is 12.5. The topological polar surface area (TPSA) is 38.8 Å². The van der Waals surface area contributed by atoms with E-state index >= 15 is 0 Å². The largest absolute Gasteiger partial charge is 0.486 e. The van der Waals surface area contributed by atoms with Crippen LogP contribution in [0, 0.1) is 0 Å². The van der Waals surface area contributed by atoms with E-state index in [2.05, 4.69) is 12.1 Å². The van der Waals surface area contributed by atoms with Gasteiger partial charge in [-0.15, -0.1) is 0 Å². The molecule has 1 aliphatic heterocycles. The van der Waals surface area contributed by atoms with Crippen LogP contribution in [0.5, 0.6) is 11.5 Å². The lowest BCUT2D eigenvalue weighted by atomic mass is 9.99. The van der Waals surface area contributed by atoms with Crippen LogP contribution in [0.2, 0.25) is 0 Å². The molecule has 3 aromatic rings. The van der Waals surface area contributed by atoms with Crippen molar-refractivity contribution in [2.24, 2.45) is 0 Å². The zero-order chi connectivity index (χ0) is 19.3. The molecule has 4 rings (SSSR count).